The predicted octanol–water partition coefficient (Wildman–Crippen LogP) is 17.6. The van der Waals surface area contributed by atoms with Crippen LogP contribution >= 0.6 is 0 Å². The minimum atomic E-state index is 0.627. The van der Waals surface area contributed by atoms with E-state index in [1.807, 2.05) is 24.3 Å². The Morgan fingerprint density at radius 2 is 0.732 bits per heavy atom. The third-order valence-corrected chi connectivity index (χ3v) is 14.2. The summed E-state index contributed by atoms with van der Waals surface area (Å²) >= 11 is 0. The van der Waals surface area contributed by atoms with E-state index in [2.05, 4.69) is 235 Å². The lowest BCUT2D eigenvalue weighted by molar-refractivity contribution is 1.07. The Balaban J connectivity index is 0.896. The predicted molar refractivity (Wildman–Crippen MR) is 297 cm³/mol. The van der Waals surface area contributed by atoms with Crippen LogP contribution in [-0.4, -0.2) is 19.5 Å². The van der Waals surface area contributed by atoms with Crippen LogP contribution in [0.3, 0.4) is 0 Å². The summed E-state index contributed by atoms with van der Waals surface area (Å²) in [7, 11) is 0. The van der Waals surface area contributed by atoms with Crippen LogP contribution in [0.15, 0.2) is 255 Å². The first-order valence-corrected chi connectivity index (χ1v) is 24.2. The number of hydrogen-bond donors (Lipinski definition) is 0. The zero-order valence-electron chi connectivity index (χ0n) is 38.5. The molecule has 0 spiro atoms. The molecule has 14 aromatic rings. The van der Waals surface area contributed by atoms with Crippen LogP contribution in [0.2, 0.25) is 0 Å². The Hall–Kier alpha value is -9.51. The summed E-state index contributed by atoms with van der Waals surface area (Å²) in [6.45, 7) is 0. The van der Waals surface area contributed by atoms with Crippen LogP contribution in [-0.2, 0) is 0 Å². The number of rotatable bonds is 7. The maximum atomic E-state index is 5.14. The summed E-state index contributed by atoms with van der Waals surface area (Å²) in [5.74, 6) is 1.90. The van der Waals surface area contributed by atoms with Crippen LogP contribution < -0.4 is 0 Å². The topological polar surface area (TPSA) is 43.6 Å². The van der Waals surface area contributed by atoms with Gasteiger partial charge in [0, 0.05) is 33.2 Å². The van der Waals surface area contributed by atoms with Crippen molar-refractivity contribution in [3.8, 4) is 73.2 Å². The van der Waals surface area contributed by atoms with Crippen molar-refractivity contribution < 1.29 is 0 Å². The molecule has 0 unspecified atom stereocenters. The van der Waals surface area contributed by atoms with Gasteiger partial charge in [-0.2, -0.15) is 0 Å². The van der Waals surface area contributed by atoms with Gasteiger partial charge < -0.3 is 4.57 Å². The summed E-state index contributed by atoms with van der Waals surface area (Å²) in [5, 5.41) is 12.3. The molecule has 330 valence electrons. The highest BCUT2D eigenvalue weighted by Gasteiger charge is 2.19. The molecule has 71 heavy (non-hydrogen) atoms. The highest BCUT2D eigenvalue weighted by Crippen LogP contribution is 2.44. The van der Waals surface area contributed by atoms with Gasteiger partial charge in [-0.05, 0) is 119 Å². The molecule has 0 aliphatic heterocycles. The molecule has 4 heteroatoms. The summed E-state index contributed by atoms with van der Waals surface area (Å²) in [4.78, 5) is 15.3. The van der Waals surface area contributed by atoms with Crippen molar-refractivity contribution in [3.63, 3.8) is 0 Å². The van der Waals surface area contributed by atoms with Crippen molar-refractivity contribution in [1.29, 1.82) is 0 Å². The summed E-state index contributed by atoms with van der Waals surface area (Å²) < 4.78 is 2.41. The van der Waals surface area contributed by atoms with Crippen molar-refractivity contribution in [3.05, 3.63) is 255 Å². The van der Waals surface area contributed by atoms with Gasteiger partial charge in [0.2, 0.25) is 0 Å². The normalized spacial score (nSPS) is 11.7. The van der Waals surface area contributed by atoms with E-state index in [4.69, 9.17) is 15.0 Å². The fraction of sp³-hybridized carbons (Fsp3) is 0. The third kappa shape index (κ3) is 6.96. The van der Waals surface area contributed by atoms with E-state index in [0.29, 0.717) is 17.5 Å². The second-order valence-corrected chi connectivity index (χ2v) is 18.3. The number of aromatic nitrogens is 4. The van der Waals surface area contributed by atoms with E-state index in [0.717, 1.165) is 39.1 Å². The van der Waals surface area contributed by atoms with Crippen molar-refractivity contribution in [2.45, 2.75) is 0 Å². The fourth-order valence-corrected chi connectivity index (χ4v) is 10.8. The molecule has 0 radical (unpaired) electrons. The molecule has 0 saturated heterocycles. The minimum Gasteiger partial charge on any atom is -0.309 e. The van der Waals surface area contributed by atoms with E-state index in [1.165, 1.54) is 81.6 Å². The second-order valence-electron chi connectivity index (χ2n) is 18.3. The van der Waals surface area contributed by atoms with Crippen molar-refractivity contribution >= 4 is 64.9 Å². The lowest BCUT2D eigenvalue weighted by atomic mass is 9.88. The molecule has 0 saturated carbocycles. The largest absolute Gasteiger partial charge is 0.309 e. The molecule has 0 bridgehead atoms. The molecule has 14 rings (SSSR count). The molecule has 0 aliphatic rings. The van der Waals surface area contributed by atoms with Gasteiger partial charge in [-0.3, -0.25) is 0 Å². The first kappa shape index (κ1) is 40.5. The molecule has 2 heterocycles. The molecule has 0 aliphatic carbocycles. The molecular formula is C67H42N4. The number of benzene rings is 12. The first-order valence-electron chi connectivity index (χ1n) is 24.2. The van der Waals surface area contributed by atoms with Crippen LogP contribution in [0, 0.1) is 0 Å². The molecular weight excluding hydrogens is 861 g/mol. The smallest absolute Gasteiger partial charge is 0.164 e. The molecule has 12 aromatic carbocycles. The number of nitrogens with zero attached hydrogens (tertiary/aromatic N) is 4. The van der Waals surface area contributed by atoms with E-state index in [1.54, 1.807) is 0 Å². The zero-order valence-corrected chi connectivity index (χ0v) is 38.5. The Bertz CT molecular complexity index is 4380. The molecule has 0 amide bonds. The Morgan fingerprint density at radius 3 is 1.52 bits per heavy atom. The Morgan fingerprint density at radius 1 is 0.239 bits per heavy atom. The Kier molecular flexibility index (Phi) is 9.49. The Labute approximate surface area is 410 Å². The van der Waals surface area contributed by atoms with Gasteiger partial charge in [-0.15, -0.1) is 0 Å². The fourth-order valence-electron chi connectivity index (χ4n) is 10.8. The average Bonchev–Trinajstić information content (AvgIpc) is 3.79. The second kappa shape index (κ2) is 16.6. The van der Waals surface area contributed by atoms with E-state index in [-0.39, 0.29) is 0 Å². The standard InChI is InChI=1S/C67H42N4/c1-3-15-43(16-4-1)45-29-31-47(32-30-45)66-68-65(46-18-5-2-6-19-46)69-67(70-66)52-22-13-21-48(39-52)50-34-37-59-60(41-50)56-24-10-9-23-55(56)58-27-14-26-54(64(58)59)51-35-38-63-61(42-51)57-25-11-12-28-62(57)71(63)53-36-33-44-17-7-8-20-49(44)40-53/h1-42H. The van der Waals surface area contributed by atoms with Gasteiger partial charge >= 0.3 is 0 Å². The van der Waals surface area contributed by atoms with E-state index < -0.39 is 0 Å². The first-order chi connectivity index (χ1) is 35.2. The summed E-state index contributed by atoms with van der Waals surface area (Å²) in [6.07, 6.45) is 0. The number of fused-ring (bicyclic) bond motifs is 10. The zero-order chi connectivity index (χ0) is 46.8. The quantitative estimate of drug-likeness (QED) is 0.150. The summed E-state index contributed by atoms with van der Waals surface area (Å²) in [6, 6.07) is 91.5. The summed E-state index contributed by atoms with van der Waals surface area (Å²) in [5.41, 5.74) is 13.3. The SMILES string of the molecule is c1ccc(-c2ccc(-c3nc(-c4ccccc4)nc(-c4cccc(-c5ccc6c(c5)c5ccccc5c5cccc(-c7ccc8c(c7)c7ccccc7n8-c7ccc8ccccc8c7)c56)c4)n3)cc2)cc1. The minimum absolute atomic E-state index is 0.627. The maximum Gasteiger partial charge on any atom is 0.164 e. The van der Waals surface area contributed by atoms with Crippen LogP contribution in [0.5, 0.6) is 0 Å². The van der Waals surface area contributed by atoms with Gasteiger partial charge in [0.15, 0.2) is 17.5 Å². The molecule has 0 atom stereocenters. The number of para-hydroxylation sites is 1. The van der Waals surface area contributed by atoms with Gasteiger partial charge in [-0.25, -0.2) is 15.0 Å². The molecule has 0 fully saturated rings. The highest BCUT2D eigenvalue weighted by atomic mass is 15.0. The number of hydrogen-bond acceptors (Lipinski definition) is 3. The lowest BCUT2D eigenvalue weighted by Gasteiger charge is -2.16. The van der Waals surface area contributed by atoms with Crippen LogP contribution in [0.25, 0.3) is 138 Å². The lowest BCUT2D eigenvalue weighted by Crippen LogP contribution is -2.00. The van der Waals surface area contributed by atoms with Gasteiger partial charge in [0.25, 0.3) is 0 Å². The molecule has 0 N–H and O–H groups in total. The van der Waals surface area contributed by atoms with E-state index in [9.17, 15) is 0 Å². The van der Waals surface area contributed by atoms with Crippen molar-refractivity contribution in [1.82, 2.24) is 19.5 Å². The highest BCUT2D eigenvalue weighted by molar-refractivity contribution is 6.29. The van der Waals surface area contributed by atoms with Crippen LogP contribution in [0.4, 0.5) is 0 Å². The van der Waals surface area contributed by atoms with Gasteiger partial charge in [0.05, 0.1) is 11.0 Å². The van der Waals surface area contributed by atoms with E-state index >= 15 is 0 Å². The average molecular weight is 903 g/mol. The van der Waals surface area contributed by atoms with Gasteiger partial charge in [0.1, 0.15) is 0 Å². The molecule has 4 nitrogen and oxygen atoms in total. The van der Waals surface area contributed by atoms with Crippen LogP contribution in [0.1, 0.15) is 0 Å². The molecule has 2 aromatic heterocycles. The van der Waals surface area contributed by atoms with Gasteiger partial charge in [-0.1, -0.05) is 212 Å². The third-order valence-electron chi connectivity index (χ3n) is 14.2. The van der Waals surface area contributed by atoms with Crippen molar-refractivity contribution in [2.24, 2.45) is 0 Å². The maximum absolute atomic E-state index is 5.14. The monoisotopic (exact) mass is 902 g/mol. The van der Waals surface area contributed by atoms with Crippen molar-refractivity contribution in [2.75, 3.05) is 0 Å².